The molecule has 0 unspecified atom stereocenters. The molecule has 190 valence electrons. The van der Waals surface area contributed by atoms with E-state index in [-0.39, 0.29) is 30.6 Å². The zero-order valence-electron chi connectivity index (χ0n) is 20.1. The maximum absolute atomic E-state index is 14.9. The summed E-state index contributed by atoms with van der Waals surface area (Å²) in [5, 5.41) is 2.59. The maximum Gasteiger partial charge on any atom is 0.414 e. The smallest absolute Gasteiger partial charge is 0.414 e. The molecule has 2 aromatic heterocycles. The molecule has 0 saturated carbocycles. The molecule has 3 amide bonds. The number of nitrogens with zero attached hydrogens (tertiary/aromatic N) is 5. The Morgan fingerprint density at radius 3 is 2.68 bits per heavy atom. The number of pyridine rings is 1. The van der Waals surface area contributed by atoms with Crippen LogP contribution in [0.3, 0.4) is 0 Å². The molecule has 1 fully saturated rings. The van der Waals surface area contributed by atoms with Crippen LogP contribution in [0.25, 0.3) is 6.08 Å². The summed E-state index contributed by atoms with van der Waals surface area (Å²) >= 11 is 0. The van der Waals surface area contributed by atoms with E-state index in [0.29, 0.717) is 24.2 Å². The standard InChI is InChI=1S/C20H19FN4O4.C6H6N2/c1-12(26)23-10-15-11-25(20(28)29-15)14-2-3-18(17(21)8-14)24-7-5-13-9-22-6-4-16(13)19(24)27;1-2-6-5-7-3-4-8-6/h2-4,6,8-9,15H,5,7,10-11H2,1H3,(H,23,26);2-5H,1H2/t15-;/m0./s1. The van der Waals surface area contributed by atoms with Crippen LogP contribution in [-0.2, 0) is 16.0 Å². The molecule has 10 nitrogen and oxygen atoms in total. The Kier molecular flexibility index (Phi) is 7.82. The van der Waals surface area contributed by atoms with Crippen LogP contribution in [0.4, 0.5) is 20.6 Å². The minimum Gasteiger partial charge on any atom is -0.442 e. The molecular formula is C26H25FN6O4. The number of anilines is 2. The van der Waals surface area contributed by atoms with Gasteiger partial charge < -0.3 is 15.0 Å². The zero-order chi connectivity index (χ0) is 26.4. The van der Waals surface area contributed by atoms with Gasteiger partial charge in [0, 0.05) is 43.8 Å². The largest absolute Gasteiger partial charge is 0.442 e. The second kappa shape index (κ2) is 11.4. The van der Waals surface area contributed by atoms with Crippen molar-refractivity contribution in [2.75, 3.05) is 29.4 Å². The van der Waals surface area contributed by atoms with Crippen molar-refractivity contribution in [3.8, 4) is 0 Å². The van der Waals surface area contributed by atoms with E-state index in [1.807, 2.05) is 0 Å². The van der Waals surface area contributed by atoms with Crippen molar-refractivity contribution >= 4 is 35.4 Å². The topological polar surface area (TPSA) is 118 Å². The Morgan fingerprint density at radius 1 is 1.19 bits per heavy atom. The van der Waals surface area contributed by atoms with Gasteiger partial charge in [0.25, 0.3) is 5.91 Å². The number of amides is 3. The molecule has 0 radical (unpaired) electrons. The molecule has 2 aliphatic heterocycles. The summed E-state index contributed by atoms with van der Waals surface area (Å²) in [6, 6.07) is 5.91. The first kappa shape index (κ1) is 25.4. The average Bonchev–Trinajstić information content (AvgIpc) is 3.29. The molecule has 1 aromatic carbocycles. The van der Waals surface area contributed by atoms with Gasteiger partial charge in [-0.3, -0.25) is 29.4 Å². The monoisotopic (exact) mass is 504 g/mol. The fraction of sp³-hybridized carbons (Fsp3) is 0.231. The van der Waals surface area contributed by atoms with Gasteiger partial charge >= 0.3 is 6.09 Å². The Balaban J connectivity index is 0.000000342. The molecule has 0 spiro atoms. The Labute approximate surface area is 212 Å². The third-order valence-electron chi connectivity index (χ3n) is 5.76. The Bertz CT molecular complexity index is 1320. The molecule has 2 aliphatic rings. The SMILES string of the molecule is C=Cc1cnccn1.CC(=O)NC[C@H]1CN(c2ccc(N3CCc4cnccc4C3=O)c(F)c2)C(=O)O1. The number of carbonyl (C=O) groups is 3. The van der Waals surface area contributed by atoms with Crippen molar-refractivity contribution in [3.05, 3.63) is 84.5 Å². The van der Waals surface area contributed by atoms with E-state index < -0.39 is 18.0 Å². The van der Waals surface area contributed by atoms with E-state index in [9.17, 15) is 18.8 Å². The third kappa shape index (κ3) is 5.95. The predicted octanol–water partition coefficient (Wildman–Crippen LogP) is 3.00. The molecule has 4 heterocycles. The number of benzene rings is 1. The molecule has 0 aliphatic carbocycles. The average molecular weight is 505 g/mol. The lowest BCUT2D eigenvalue weighted by Crippen LogP contribution is -2.38. The Hall–Kier alpha value is -4.67. The number of fused-ring (bicyclic) bond motifs is 1. The molecule has 37 heavy (non-hydrogen) atoms. The number of halogens is 1. The van der Waals surface area contributed by atoms with Crippen LogP contribution in [0.5, 0.6) is 0 Å². The van der Waals surface area contributed by atoms with E-state index in [1.54, 1.807) is 43.0 Å². The minimum atomic E-state index is -0.608. The van der Waals surface area contributed by atoms with Crippen LogP contribution < -0.4 is 15.1 Å². The van der Waals surface area contributed by atoms with Gasteiger partial charge in [-0.25, -0.2) is 9.18 Å². The first-order valence-corrected chi connectivity index (χ1v) is 11.5. The number of hydrogen-bond acceptors (Lipinski definition) is 7. The van der Waals surface area contributed by atoms with Crippen molar-refractivity contribution in [2.24, 2.45) is 0 Å². The first-order chi connectivity index (χ1) is 17.9. The van der Waals surface area contributed by atoms with Crippen molar-refractivity contribution in [3.63, 3.8) is 0 Å². The van der Waals surface area contributed by atoms with Gasteiger partial charge in [0.1, 0.15) is 11.9 Å². The summed E-state index contributed by atoms with van der Waals surface area (Å²) in [5.74, 6) is -1.11. The highest BCUT2D eigenvalue weighted by Gasteiger charge is 2.33. The summed E-state index contributed by atoms with van der Waals surface area (Å²) in [6.07, 6.45) is 9.24. The highest BCUT2D eigenvalue weighted by atomic mass is 19.1. The number of cyclic esters (lactones) is 1. The quantitative estimate of drug-likeness (QED) is 0.568. The number of nitrogens with one attached hydrogen (secondary N) is 1. The van der Waals surface area contributed by atoms with Crippen LogP contribution in [0.2, 0.25) is 0 Å². The Morgan fingerprint density at radius 2 is 2.00 bits per heavy atom. The van der Waals surface area contributed by atoms with Gasteiger partial charge in [-0.15, -0.1) is 0 Å². The second-order valence-corrected chi connectivity index (χ2v) is 8.26. The normalized spacial score (nSPS) is 16.3. The fourth-order valence-electron chi connectivity index (χ4n) is 3.94. The highest BCUT2D eigenvalue weighted by molar-refractivity contribution is 6.08. The predicted molar refractivity (Wildman–Crippen MR) is 134 cm³/mol. The fourth-order valence-corrected chi connectivity index (χ4v) is 3.94. The zero-order valence-corrected chi connectivity index (χ0v) is 20.1. The van der Waals surface area contributed by atoms with Crippen LogP contribution in [-0.4, -0.2) is 58.6 Å². The van der Waals surface area contributed by atoms with Gasteiger partial charge in [0.05, 0.1) is 36.4 Å². The number of rotatable bonds is 5. The van der Waals surface area contributed by atoms with E-state index in [2.05, 4.69) is 26.8 Å². The number of hydrogen-bond donors (Lipinski definition) is 1. The number of aromatic nitrogens is 3. The summed E-state index contributed by atoms with van der Waals surface area (Å²) in [6.45, 7) is 5.63. The second-order valence-electron chi connectivity index (χ2n) is 8.26. The van der Waals surface area contributed by atoms with Crippen molar-refractivity contribution in [1.29, 1.82) is 0 Å². The van der Waals surface area contributed by atoms with Gasteiger partial charge in [0.15, 0.2) is 0 Å². The summed E-state index contributed by atoms with van der Waals surface area (Å²) in [5.41, 5.74) is 2.65. The molecular weight excluding hydrogens is 479 g/mol. The lowest BCUT2D eigenvalue weighted by atomic mass is 10.0. The first-order valence-electron chi connectivity index (χ1n) is 11.5. The van der Waals surface area contributed by atoms with Crippen LogP contribution in [0, 0.1) is 5.82 Å². The maximum atomic E-state index is 14.9. The summed E-state index contributed by atoms with van der Waals surface area (Å²) in [7, 11) is 0. The molecule has 0 bridgehead atoms. The van der Waals surface area contributed by atoms with E-state index in [1.165, 1.54) is 35.1 Å². The van der Waals surface area contributed by atoms with Crippen LogP contribution in [0.15, 0.2) is 61.8 Å². The third-order valence-corrected chi connectivity index (χ3v) is 5.76. The molecule has 5 rings (SSSR count). The number of carbonyl (C=O) groups excluding carboxylic acids is 3. The molecule has 1 saturated heterocycles. The number of ether oxygens (including phenoxy) is 1. The highest BCUT2D eigenvalue weighted by Crippen LogP contribution is 2.30. The van der Waals surface area contributed by atoms with E-state index in [4.69, 9.17) is 4.74 Å². The lowest BCUT2D eigenvalue weighted by Gasteiger charge is -2.29. The van der Waals surface area contributed by atoms with Crippen LogP contribution >= 0.6 is 0 Å². The van der Waals surface area contributed by atoms with Gasteiger partial charge in [-0.1, -0.05) is 6.58 Å². The van der Waals surface area contributed by atoms with Crippen LogP contribution in [0.1, 0.15) is 28.5 Å². The van der Waals surface area contributed by atoms with E-state index in [0.717, 1.165) is 11.3 Å². The van der Waals surface area contributed by atoms with Crippen molar-refractivity contribution in [1.82, 2.24) is 20.3 Å². The van der Waals surface area contributed by atoms with E-state index >= 15 is 0 Å². The van der Waals surface area contributed by atoms with Crippen molar-refractivity contribution < 1.29 is 23.5 Å². The van der Waals surface area contributed by atoms with Gasteiger partial charge in [-0.05, 0) is 42.3 Å². The molecule has 11 heteroatoms. The van der Waals surface area contributed by atoms with Gasteiger partial charge in [-0.2, -0.15) is 0 Å². The summed E-state index contributed by atoms with van der Waals surface area (Å²) in [4.78, 5) is 50.3. The lowest BCUT2D eigenvalue weighted by molar-refractivity contribution is -0.119. The molecule has 3 aromatic rings. The van der Waals surface area contributed by atoms with Crippen molar-refractivity contribution in [2.45, 2.75) is 19.4 Å². The minimum absolute atomic E-state index is 0.156. The summed E-state index contributed by atoms with van der Waals surface area (Å²) < 4.78 is 20.1. The van der Waals surface area contributed by atoms with Gasteiger partial charge in [0.2, 0.25) is 5.91 Å². The molecule has 1 N–H and O–H groups in total. The molecule has 1 atom stereocenters.